The summed E-state index contributed by atoms with van der Waals surface area (Å²) in [7, 11) is 0. The zero-order valence-electron chi connectivity index (χ0n) is 8.96. The van der Waals surface area contributed by atoms with Crippen LogP contribution in [-0.2, 0) is 0 Å². The molecule has 0 saturated heterocycles. The van der Waals surface area contributed by atoms with Crippen LogP contribution in [0.5, 0.6) is 0 Å². The van der Waals surface area contributed by atoms with Gasteiger partial charge in [-0.3, -0.25) is 0 Å². The van der Waals surface area contributed by atoms with E-state index in [4.69, 9.17) is 0 Å². The number of nitrogens with zero attached hydrogens (tertiary/aromatic N) is 2. The SMILES string of the molecule is Cc1nc(-c2cccc(Br)c2)nc(Br)c1C. The molecular formula is C12H10Br2N2. The number of hydrogen-bond acceptors (Lipinski definition) is 2. The Balaban J connectivity index is 2.57. The minimum atomic E-state index is 0.747. The number of halogens is 2. The summed E-state index contributed by atoms with van der Waals surface area (Å²) in [6.45, 7) is 3.99. The lowest BCUT2D eigenvalue weighted by atomic mass is 10.2. The van der Waals surface area contributed by atoms with Crippen LogP contribution in [0, 0.1) is 13.8 Å². The quantitative estimate of drug-likeness (QED) is 0.723. The number of aryl methyl sites for hydroxylation is 1. The molecule has 0 amide bonds. The van der Waals surface area contributed by atoms with Gasteiger partial charge in [-0.2, -0.15) is 0 Å². The third kappa shape index (κ3) is 2.33. The molecule has 2 nitrogen and oxygen atoms in total. The summed E-state index contributed by atoms with van der Waals surface area (Å²) >= 11 is 6.89. The van der Waals surface area contributed by atoms with Crippen LogP contribution in [0.25, 0.3) is 11.4 Å². The van der Waals surface area contributed by atoms with E-state index in [1.165, 1.54) is 0 Å². The van der Waals surface area contributed by atoms with Crippen molar-refractivity contribution in [2.24, 2.45) is 0 Å². The minimum absolute atomic E-state index is 0.747. The Bertz CT molecular complexity index is 515. The molecule has 0 spiro atoms. The van der Waals surface area contributed by atoms with Crippen molar-refractivity contribution in [3.8, 4) is 11.4 Å². The second-order valence-electron chi connectivity index (χ2n) is 3.56. The Morgan fingerprint density at radius 3 is 2.44 bits per heavy atom. The average Bonchev–Trinajstić information content (AvgIpc) is 2.25. The van der Waals surface area contributed by atoms with Crippen LogP contribution < -0.4 is 0 Å². The zero-order valence-corrected chi connectivity index (χ0v) is 12.1. The van der Waals surface area contributed by atoms with E-state index in [1.54, 1.807) is 0 Å². The monoisotopic (exact) mass is 340 g/mol. The first-order chi connectivity index (χ1) is 7.58. The van der Waals surface area contributed by atoms with Crippen molar-refractivity contribution in [2.75, 3.05) is 0 Å². The van der Waals surface area contributed by atoms with E-state index in [9.17, 15) is 0 Å². The summed E-state index contributed by atoms with van der Waals surface area (Å²) < 4.78 is 1.89. The Hall–Kier alpha value is -0.740. The van der Waals surface area contributed by atoms with E-state index >= 15 is 0 Å². The number of hydrogen-bond donors (Lipinski definition) is 0. The van der Waals surface area contributed by atoms with Crippen molar-refractivity contribution in [1.29, 1.82) is 0 Å². The molecule has 16 heavy (non-hydrogen) atoms. The maximum Gasteiger partial charge on any atom is 0.160 e. The lowest BCUT2D eigenvalue weighted by Gasteiger charge is -2.06. The second-order valence-corrected chi connectivity index (χ2v) is 5.23. The molecule has 2 aromatic rings. The number of benzene rings is 1. The summed E-state index contributed by atoms with van der Waals surface area (Å²) in [5, 5.41) is 0. The Labute approximate surface area is 111 Å². The van der Waals surface area contributed by atoms with E-state index in [-0.39, 0.29) is 0 Å². The van der Waals surface area contributed by atoms with Crippen molar-refractivity contribution in [3.05, 3.63) is 44.6 Å². The van der Waals surface area contributed by atoms with Gasteiger partial charge in [0.2, 0.25) is 0 Å². The Morgan fingerprint density at radius 2 is 1.81 bits per heavy atom. The average molecular weight is 342 g/mol. The largest absolute Gasteiger partial charge is 0.233 e. The topological polar surface area (TPSA) is 25.8 Å². The molecule has 82 valence electrons. The lowest BCUT2D eigenvalue weighted by molar-refractivity contribution is 1.05. The first kappa shape index (κ1) is 11.7. The third-order valence-corrected chi connectivity index (χ3v) is 3.68. The fraction of sp³-hybridized carbons (Fsp3) is 0.167. The van der Waals surface area contributed by atoms with Gasteiger partial charge in [-0.25, -0.2) is 9.97 Å². The van der Waals surface area contributed by atoms with E-state index in [0.717, 1.165) is 31.7 Å². The fourth-order valence-electron chi connectivity index (χ4n) is 1.35. The van der Waals surface area contributed by atoms with E-state index in [0.29, 0.717) is 0 Å². The molecule has 0 aliphatic heterocycles. The van der Waals surface area contributed by atoms with Crippen LogP contribution in [0.15, 0.2) is 33.3 Å². The smallest absolute Gasteiger partial charge is 0.160 e. The summed E-state index contributed by atoms with van der Waals surface area (Å²) in [6.07, 6.45) is 0. The predicted molar refractivity (Wildman–Crippen MR) is 72.3 cm³/mol. The van der Waals surface area contributed by atoms with E-state index in [2.05, 4.69) is 41.8 Å². The van der Waals surface area contributed by atoms with Crippen LogP contribution in [0.1, 0.15) is 11.3 Å². The number of aromatic nitrogens is 2. The highest BCUT2D eigenvalue weighted by Gasteiger charge is 2.07. The molecule has 0 radical (unpaired) electrons. The zero-order chi connectivity index (χ0) is 11.7. The van der Waals surface area contributed by atoms with Crippen molar-refractivity contribution in [3.63, 3.8) is 0 Å². The maximum atomic E-state index is 4.48. The molecule has 0 aliphatic rings. The van der Waals surface area contributed by atoms with Crippen LogP contribution in [-0.4, -0.2) is 9.97 Å². The summed E-state index contributed by atoms with van der Waals surface area (Å²) in [4.78, 5) is 8.91. The van der Waals surface area contributed by atoms with E-state index < -0.39 is 0 Å². The van der Waals surface area contributed by atoms with Gasteiger partial charge in [0.1, 0.15) is 4.60 Å². The molecule has 1 aromatic heterocycles. The molecule has 0 fully saturated rings. The molecule has 0 bridgehead atoms. The van der Waals surface area contributed by atoms with Crippen LogP contribution in [0.3, 0.4) is 0 Å². The van der Waals surface area contributed by atoms with Gasteiger partial charge in [-0.05, 0) is 41.9 Å². The Kier molecular flexibility index (Phi) is 3.40. The summed E-state index contributed by atoms with van der Waals surface area (Å²) in [5.41, 5.74) is 3.09. The summed E-state index contributed by atoms with van der Waals surface area (Å²) in [6, 6.07) is 7.98. The normalized spacial score (nSPS) is 10.5. The predicted octanol–water partition coefficient (Wildman–Crippen LogP) is 4.29. The van der Waals surface area contributed by atoms with Gasteiger partial charge in [0.15, 0.2) is 5.82 Å². The molecule has 0 saturated carbocycles. The number of rotatable bonds is 1. The highest BCUT2D eigenvalue weighted by molar-refractivity contribution is 9.10. The third-order valence-electron chi connectivity index (χ3n) is 2.41. The molecule has 0 atom stereocenters. The standard InChI is InChI=1S/C12H10Br2N2/c1-7-8(2)15-12(16-11(7)14)9-4-3-5-10(13)6-9/h3-6H,1-2H3. The second kappa shape index (κ2) is 4.63. The molecule has 0 aliphatic carbocycles. The van der Waals surface area contributed by atoms with Gasteiger partial charge in [0, 0.05) is 21.3 Å². The first-order valence-corrected chi connectivity index (χ1v) is 6.43. The van der Waals surface area contributed by atoms with Gasteiger partial charge in [0.05, 0.1) is 0 Å². The van der Waals surface area contributed by atoms with Crippen LogP contribution in [0.2, 0.25) is 0 Å². The highest BCUT2D eigenvalue weighted by Crippen LogP contribution is 2.23. The highest BCUT2D eigenvalue weighted by atomic mass is 79.9. The van der Waals surface area contributed by atoms with Gasteiger partial charge in [-0.1, -0.05) is 28.1 Å². The van der Waals surface area contributed by atoms with Crippen LogP contribution >= 0.6 is 31.9 Å². The molecule has 0 N–H and O–H groups in total. The van der Waals surface area contributed by atoms with Gasteiger partial charge in [0.25, 0.3) is 0 Å². The maximum absolute atomic E-state index is 4.48. The van der Waals surface area contributed by atoms with Crippen molar-refractivity contribution in [2.45, 2.75) is 13.8 Å². The molecule has 1 heterocycles. The fourth-order valence-corrected chi connectivity index (χ4v) is 2.20. The molecule has 0 unspecified atom stereocenters. The molecule has 1 aromatic carbocycles. The minimum Gasteiger partial charge on any atom is -0.233 e. The molecule has 2 rings (SSSR count). The molecule has 4 heteroatoms. The lowest BCUT2D eigenvalue weighted by Crippen LogP contribution is -1.96. The molecular weight excluding hydrogens is 332 g/mol. The van der Waals surface area contributed by atoms with Crippen molar-refractivity contribution >= 4 is 31.9 Å². The van der Waals surface area contributed by atoms with Gasteiger partial charge in [-0.15, -0.1) is 0 Å². The van der Waals surface area contributed by atoms with Gasteiger partial charge < -0.3 is 0 Å². The van der Waals surface area contributed by atoms with Crippen molar-refractivity contribution < 1.29 is 0 Å². The summed E-state index contributed by atoms with van der Waals surface area (Å²) in [5.74, 6) is 0.747. The first-order valence-electron chi connectivity index (χ1n) is 4.84. The van der Waals surface area contributed by atoms with E-state index in [1.807, 2.05) is 38.1 Å². The van der Waals surface area contributed by atoms with Crippen molar-refractivity contribution in [1.82, 2.24) is 9.97 Å². The Morgan fingerprint density at radius 1 is 1.06 bits per heavy atom. The van der Waals surface area contributed by atoms with Crippen LogP contribution in [0.4, 0.5) is 0 Å². The van der Waals surface area contributed by atoms with Gasteiger partial charge >= 0.3 is 0 Å².